The molecule has 0 fully saturated rings. The van der Waals surface area contributed by atoms with E-state index in [4.69, 9.17) is 0 Å². The van der Waals surface area contributed by atoms with Gasteiger partial charge in [-0.15, -0.1) is 0 Å². The Labute approximate surface area is 143 Å². The maximum absolute atomic E-state index is 10.7. The molecule has 0 heterocycles. The Morgan fingerprint density at radius 3 is 1.71 bits per heavy atom. The Kier molecular flexibility index (Phi) is 5.52. The van der Waals surface area contributed by atoms with E-state index in [0.29, 0.717) is 0 Å². The zero-order chi connectivity index (χ0) is 11.6. The van der Waals surface area contributed by atoms with E-state index in [9.17, 15) is 13.0 Å². The van der Waals surface area contributed by atoms with Gasteiger partial charge in [0.15, 0.2) is 0 Å². The summed E-state index contributed by atoms with van der Waals surface area (Å²) in [7, 11) is -4.35. The van der Waals surface area contributed by atoms with Crippen LogP contribution in [0.25, 0.3) is 11.1 Å². The van der Waals surface area contributed by atoms with Crippen molar-refractivity contribution < 1.29 is 64.4 Å². The topological polar surface area (TPSA) is 57.2 Å². The van der Waals surface area contributed by atoms with E-state index in [-0.39, 0.29) is 56.3 Å². The monoisotopic (exact) mass is 272 g/mol. The molecule has 3 nitrogen and oxygen atoms in total. The quantitative estimate of drug-likeness (QED) is 0.534. The summed E-state index contributed by atoms with van der Waals surface area (Å²) in [5, 5.41) is 0. The minimum absolute atomic E-state index is 0. The minimum Gasteiger partial charge on any atom is -0.744 e. The molecule has 0 unspecified atom stereocenters. The Balaban J connectivity index is 0.00000144. The van der Waals surface area contributed by atoms with E-state index < -0.39 is 10.1 Å². The second-order valence-electron chi connectivity index (χ2n) is 3.34. The van der Waals surface area contributed by atoms with Crippen LogP contribution in [0.1, 0.15) is 0 Å². The Bertz CT molecular complexity index is 577. The summed E-state index contributed by atoms with van der Waals surface area (Å²) in [6, 6.07) is 15.4. The van der Waals surface area contributed by atoms with Crippen molar-refractivity contribution >= 4 is 10.1 Å². The minimum atomic E-state index is -4.35. The average Bonchev–Trinajstić information content (AvgIpc) is 2.29. The Hall–Kier alpha value is -0.0136. The van der Waals surface area contributed by atoms with Crippen LogP contribution < -0.4 is 51.4 Å². The summed E-state index contributed by atoms with van der Waals surface area (Å²) in [4.78, 5) is -0.202. The SMILES string of the molecule is O=S(=O)([O-])c1ccc(-c2ccccc2)cc1.[K+]. The third-order valence-electron chi connectivity index (χ3n) is 2.25. The molecular formula is C12H9KO3S. The van der Waals surface area contributed by atoms with Gasteiger partial charge in [0.2, 0.25) is 0 Å². The molecule has 0 radical (unpaired) electrons. The molecular weight excluding hydrogens is 263 g/mol. The summed E-state index contributed by atoms with van der Waals surface area (Å²) in [6.45, 7) is 0. The fourth-order valence-corrected chi connectivity index (χ4v) is 1.91. The van der Waals surface area contributed by atoms with E-state index >= 15 is 0 Å². The first kappa shape index (κ1) is 15.0. The first-order valence-corrected chi connectivity index (χ1v) is 6.09. The molecule has 0 aliphatic carbocycles. The fraction of sp³-hybridized carbons (Fsp3) is 0. The van der Waals surface area contributed by atoms with Gasteiger partial charge in [0.1, 0.15) is 10.1 Å². The average molecular weight is 272 g/mol. The summed E-state index contributed by atoms with van der Waals surface area (Å²) >= 11 is 0. The molecule has 0 saturated heterocycles. The molecule has 0 N–H and O–H groups in total. The van der Waals surface area contributed by atoms with Crippen LogP contribution >= 0.6 is 0 Å². The summed E-state index contributed by atoms with van der Waals surface area (Å²) < 4.78 is 32.2. The van der Waals surface area contributed by atoms with Crippen molar-refractivity contribution in [3.63, 3.8) is 0 Å². The molecule has 2 aromatic carbocycles. The van der Waals surface area contributed by atoms with Gasteiger partial charge in [0.05, 0.1) is 4.90 Å². The molecule has 0 amide bonds. The van der Waals surface area contributed by atoms with Crippen LogP contribution in [0.2, 0.25) is 0 Å². The standard InChI is InChI=1S/C12H10O3S.K/c13-16(14,15)12-8-6-11(7-9-12)10-4-2-1-3-5-10;/h1-9H,(H,13,14,15);/q;+1/p-1. The van der Waals surface area contributed by atoms with E-state index in [2.05, 4.69) is 0 Å². The van der Waals surface area contributed by atoms with E-state index in [1.807, 2.05) is 30.3 Å². The maximum Gasteiger partial charge on any atom is 1.00 e. The van der Waals surface area contributed by atoms with Gasteiger partial charge in [-0.25, -0.2) is 8.42 Å². The van der Waals surface area contributed by atoms with Gasteiger partial charge in [-0.3, -0.25) is 0 Å². The summed E-state index contributed by atoms with van der Waals surface area (Å²) in [6.07, 6.45) is 0. The van der Waals surface area contributed by atoms with Crippen molar-refractivity contribution in [2.75, 3.05) is 0 Å². The van der Waals surface area contributed by atoms with Crippen LogP contribution in [0.15, 0.2) is 59.5 Å². The van der Waals surface area contributed by atoms with E-state index in [0.717, 1.165) is 11.1 Å². The molecule has 0 aromatic heterocycles. The molecule has 0 atom stereocenters. The van der Waals surface area contributed by atoms with Gasteiger partial charge in [-0.2, -0.15) is 0 Å². The predicted octanol–water partition coefficient (Wildman–Crippen LogP) is -0.738. The van der Waals surface area contributed by atoms with Crippen molar-refractivity contribution in [2.24, 2.45) is 0 Å². The normalized spacial score (nSPS) is 10.6. The molecule has 0 bridgehead atoms. The largest absolute Gasteiger partial charge is 1.00 e. The van der Waals surface area contributed by atoms with Crippen molar-refractivity contribution in [3.05, 3.63) is 54.6 Å². The van der Waals surface area contributed by atoms with Crippen molar-refractivity contribution in [2.45, 2.75) is 4.90 Å². The molecule has 17 heavy (non-hydrogen) atoms. The Morgan fingerprint density at radius 2 is 1.24 bits per heavy atom. The van der Waals surface area contributed by atoms with Crippen LogP contribution in [-0.4, -0.2) is 13.0 Å². The van der Waals surface area contributed by atoms with Gasteiger partial charge in [-0.05, 0) is 23.3 Å². The molecule has 82 valence electrons. The third-order valence-corrected chi connectivity index (χ3v) is 3.10. The molecule has 0 spiro atoms. The van der Waals surface area contributed by atoms with Crippen LogP contribution in [0.4, 0.5) is 0 Å². The molecule has 2 rings (SSSR count). The van der Waals surface area contributed by atoms with Crippen molar-refractivity contribution in [1.82, 2.24) is 0 Å². The second kappa shape index (κ2) is 6.24. The fourth-order valence-electron chi connectivity index (χ4n) is 1.44. The third kappa shape index (κ3) is 3.99. The van der Waals surface area contributed by atoms with Gasteiger partial charge in [0, 0.05) is 0 Å². The number of hydrogen-bond acceptors (Lipinski definition) is 3. The molecule has 0 saturated carbocycles. The Morgan fingerprint density at radius 1 is 0.765 bits per heavy atom. The smallest absolute Gasteiger partial charge is 0.744 e. The first-order chi connectivity index (χ1) is 7.57. The number of hydrogen-bond donors (Lipinski definition) is 0. The molecule has 5 heteroatoms. The van der Waals surface area contributed by atoms with Gasteiger partial charge >= 0.3 is 51.4 Å². The number of rotatable bonds is 2. The van der Waals surface area contributed by atoms with Crippen molar-refractivity contribution in [3.8, 4) is 11.1 Å². The van der Waals surface area contributed by atoms with Crippen LogP contribution in [0.5, 0.6) is 0 Å². The van der Waals surface area contributed by atoms with Gasteiger partial charge < -0.3 is 4.55 Å². The van der Waals surface area contributed by atoms with Gasteiger partial charge in [-0.1, -0.05) is 42.5 Å². The van der Waals surface area contributed by atoms with Gasteiger partial charge in [0.25, 0.3) is 0 Å². The van der Waals surface area contributed by atoms with E-state index in [1.165, 1.54) is 12.1 Å². The van der Waals surface area contributed by atoms with Crippen LogP contribution in [0.3, 0.4) is 0 Å². The summed E-state index contributed by atoms with van der Waals surface area (Å²) in [5.41, 5.74) is 1.87. The van der Waals surface area contributed by atoms with Crippen LogP contribution in [-0.2, 0) is 10.1 Å². The second-order valence-corrected chi connectivity index (χ2v) is 4.72. The van der Waals surface area contributed by atoms with E-state index in [1.54, 1.807) is 12.1 Å². The molecule has 2 aromatic rings. The zero-order valence-corrected chi connectivity index (χ0v) is 13.3. The zero-order valence-electron chi connectivity index (χ0n) is 9.33. The van der Waals surface area contributed by atoms with Crippen LogP contribution in [0, 0.1) is 0 Å². The molecule has 0 aliphatic heterocycles. The predicted molar refractivity (Wildman–Crippen MR) is 59.8 cm³/mol. The molecule has 0 aliphatic rings. The first-order valence-electron chi connectivity index (χ1n) is 4.69. The number of benzene rings is 2. The van der Waals surface area contributed by atoms with Crippen molar-refractivity contribution in [1.29, 1.82) is 0 Å². The summed E-state index contributed by atoms with van der Waals surface area (Å²) in [5.74, 6) is 0. The maximum atomic E-state index is 10.7.